The van der Waals surface area contributed by atoms with E-state index in [4.69, 9.17) is 10.6 Å². The Balaban J connectivity index is 2.99. The van der Waals surface area contributed by atoms with Crippen molar-refractivity contribution in [2.24, 2.45) is 5.11 Å². The number of hydrogen-bond acceptors (Lipinski definition) is 3. The summed E-state index contributed by atoms with van der Waals surface area (Å²) in [5, 5.41) is 21.6. The highest BCUT2D eigenvalue weighted by Gasteiger charge is 2.46. The predicted octanol–water partition coefficient (Wildman–Crippen LogP) is 1.05. The standard InChI is InChI=1S/C7H11N3O3/c8-10-9-7(6(12)13)4-2-1-3-5(7)11/h5,11H,1-4H2,(H,12,13)/t5-,7+/m0/s1. The Bertz CT molecular complexity index is 258. The molecule has 1 saturated carbocycles. The number of azide groups is 1. The van der Waals surface area contributed by atoms with Crippen LogP contribution in [-0.4, -0.2) is 27.8 Å². The summed E-state index contributed by atoms with van der Waals surface area (Å²) in [4.78, 5) is 13.3. The van der Waals surface area contributed by atoms with Gasteiger partial charge < -0.3 is 10.2 Å². The number of rotatable bonds is 2. The number of nitrogens with zero attached hydrogens (tertiary/aromatic N) is 3. The van der Waals surface area contributed by atoms with Crippen LogP contribution in [0.5, 0.6) is 0 Å². The van der Waals surface area contributed by atoms with Crippen LogP contribution in [0, 0.1) is 0 Å². The van der Waals surface area contributed by atoms with Crippen molar-refractivity contribution in [1.82, 2.24) is 0 Å². The molecule has 6 nitrogen and oxygen atoms in total. The zero-order chi connectivity index (χ0) is 9.90. The fourth-order valence-corrected chi connectivity index (χ4v) is 1.63. The van der Waals surface area contributed by atoms with Gasteiger partial charge in [-0.15, -0.1) is 0 Å². The minimum atomic E-state index is -1.63. The van der Waals surface area contributed by atoms with Crippen molar-refractivity contribution in [3.05, 3.63) is 10.4 Å². The number of hydrogen-bond donors (Lipinski definition) is 2. The average molecular weight is 185 g/mol. The summed E-state index contributed by atoms with van der Waals surface area (Å²) in [7, 11) is 0. The van der Waals surface area contributed by atoms with Gasteiger partial charge in [0.1, 0.15) is 0 Å². The first-order chi connectivity index (χ1) is 6.13. The molecule has 0 aromatic carbocycles. The Morgan fingerprint density at radius 3 is 2.77 bits per heavy atom. The molecule has 0 unspecified atom stereocenters. The van der Waals surface area contributed by atoms with E-state index >= 15 is 0 Å². The molecule has 1 aliphatic rings. The van der Waals surface area contributed by atoms with Crippen molar-refractivity contribution < 1.29 is 15.0 Å². The molecule has 0 amide bonds. The minimum Gasteiger partial charge on any atom is -0.481 e. The van der Waals surface area contributed by atoms with Gasteiger partial charge in [0.15, 0.2) is 5.54 Å². The summed E-state index contributed by atoms with van der Waals surface area (Å²) in [6.45, 7) is 0. The van der Waals surface area contributed by atoms with E-state index in [0.717, 1.165) is 6.42 Å². The maximum absolute atomic E-state index is 10.9. The molecular weight excluding hydrogens is 174 g/mol. The smallest absolute Gasteiger partial charge is 0.318 e. The predicted molar refractivity (Wildman–Crippen MR) is 44.0 cm³/mol. The Hall–Kier alpha value is -1.26. The molecule has 0 radical (unpaired) electrons. The van der Waals surface area contributed by atoms with Gasteiger partial charge in [-0.05, 0) is 18.4 Å². The second kappa shape index (κ2) is 3.64. The molecule has 72 valence electrons. The Morgan fingerprint density at radius 2 is 2.31 bits per heavy atom. The van der Waals surface area contributed by atoms with Gasteiger partial charge >= 0.3 is 5.97 Å². The lowest BCUT2D eigenvalue weighted by Gasteiger charge is -2.33. The van der Waals surface area contributed by atoms with Crippen LogP contribution in [-0.2, 0) is 4.79 Å². The zero-order valence-corrected chi connectivity index (χ0v) is 7.05. The number of carboxylic acids is 1. The second-order valence-electron chi connectivity index (χ2n) is 3.18. The molecule has 1 rings (SSSR count). The van der Waals surface area contributed by atoms with Crippen LogP contribution in [0.1, 0.15) is 25.7 Å². The van der Waals surface area contributed by atoms with Crippen molar-refractivity contribution >= 4 is 5.97 Å². The highest BCUT2D eigenvalue weighted by atomic mass is 16.4. The lowest BCUT2D eigenvalue weighted by Crippen LogP contribution is -2.49. The van der Waals surface area contributed by atoms with Gasteiger partial charge in [0.05, 0.1) is 6.10 Å². The maximum atomic E-state index is 10.9. The van der Waals surface area contributed by atoms with Crippen LogP contribution >= 0.6 is 0 Å². The fraction of sp³-hybridized carbons (Fsp3) is 0.857. The molecular formula is C7H11N3O3. The largest absolute Gasteiger partial charge is 0.481 e. The van der Waals surface area contributed by atoms with E-state index in [1.54, 1.807) is 0 Å². The molecule has 2 N–H and O–H groups in total. The molecule has 0 spiro atoms. The summed E-state index contributed by atoms with van der Waals surface area (Å²) in [5.74, 6) is -1.24. The number of carboxylic acid groups (broad SMARTS) is 1. The zero-order valence-electron chi connectivity index (χ0n) is 7.05. The summed E-state index contributed by atoms with van der Waals surface area (Å²) in [5.41, 5.74) is 6.60. The molecule has 0 aromatic heterocycles. The van der Waals surface area contributed by atoms with E-state index in [2.05, 4.69) is 10.0 Å². The molecule has 0 saturated heterocycles. The number of aliphatic carboxylic acids is 1. The molecule has 2 atom stereocenters. The van der Waals surface area contributed by atoms with Crippen LogP contribution in [0.3, 0.4) is 0 Å². The highest BCUT2D eigenvalue weighted by molar-refractivity contribution is 5.80. The minimum absolute atomic E-state index is 0.216. The van der Waals surface area contributed by atoms with Crippen molar-refractivity contribution in [2.45, 2.75) is 37.3 Å². The molecule has 13 heavy (non-hydrogen) atoms. The first kappa shape index (κ1) is 9.83. The third-order valence-electron chi connectivity index (χ3n) is 2.43. The van der Waals surface area contributed by atoms with Gasteiger partial charge in [-0.3, -0.25) is 4.79 Å². The second-order valence-corrected chi connectivity index (χ2v) is 3.18. The maximum Gasteiger partial charge on any atom is 0.318 e. The van der Waals surface area contributed by atoms with Gasteiger partial charge in [0.25, 0.3) is 0 Å². The van der Waals surface area contributed by atoms with Crippen LogP contribution in [0.4, 0.5) is 0 Å². The Kier molecular flexibility index (Phi) is 2.75. The quantitative estimate of drug-likeness (QED) is 0.381. The van der Waals surface area contributed by atoms with E-state index in [0.29, 0.717) is 12.8 Å². The molecule has 1 aliphatic carbocycles. The molecule has 1 fully saturated rings. The van der Waals surface area contributed by atoms with Gasteiger partial charge in [0.2, 0.25) is 0 Å². The van der Waals surface area contributed by atoms with Crippen molar-refractivity contribution in [3.8, 4) is 0 Å². The Morgan fingerprint density at radius 1 is 1.62 bits per heavy atom. The third kappa shape index (κ3) is 1.59. The van der Waals surface area contributed by atoms with Gasteiger partial charge in [-0.1, -0.05) is 18.0 Å². The topological polar surface area (TPSA) is 106 Å². The van der Waals surface area contributed by atoms with E-state index in [9.17, 15) is 9.90 Å². The highest BCUT2D eigenvalue weighted by Crippen LogP contribution is 2.32. The normalized spacial score (nSPS) is 33.5. The van der Waals surface area contributed by atoms with Crippen LogP contribution in [0.2, 0.25) is 0 Å². The summed E-state index contributed by atoms with van der Waals surface area (Å²) < 4.78 is 0. The first-order valence-corrected chi connectivity index (χ1v) is 4.11. The molecule has 0 heterocycles. The number of aliphatic hydroxyl groups is 1. The monoisotopic (exact) mass is 185 g/mol. The number of aliphatic hydroxyl groups excluding tert-OH is 1. The van der Waals surface area contributed by atoms with Gasteiger partial charge in [-0.2, -0.15) is 0 Å². The molecule has 0 aliphatic heterocycles. The third-order valence-corrected chi connectivity index (χ3v) is 2.43. The Labute approximate surface area is 74.8 Å². The lowest BCUT2D eigenvalue weighted by atomic mass is 9.80. The summed E-state index contributed by atoms with van der Waals surface area (Å²) in [6, 6.07) is 0. The summed E-state index contributed by atoms with van der Waals surface area (Å²) >= 11 is 0. The van der Waals surface area contributed by atoms with E-state index in [1.807, 2.05) is 0 Å². The van der Waals surface area contributed by atoms with Crippen molar-refractivity contribution in [2.75, 3.05) is 0 Å². The van der Waals surface area contributed by atoms with E-state index in [-0.39, 0.29) is 6.42 Å². The number of carbonyl (C=O) groups is 1. The van der Waals surface area contributed by atoms with Crippen molar-refractivity contribution in [3.63, 3.8) is 0 Å². The summed E-state index contributed by atoms with van der Waals surface area (Å²) in [6.07, 6.45) is 0.980. The molecule has 0 aromatic rings. The fourth-order valence-electron chi connectivity index (χ4n) is 1.63. The molecule has 6 heteroatoms. The first-order valence-electron chi connectivity index (χ1n) is 4.11. The van der Waals surface area contributed by atoms with E-state index in [1.165, 1.54) is 0 Å². The molecule has 0 bridgehead atoms. The van der Waals surface area contributed by atoms with Crippen LogP contribution in [0.25, 0.3) is 10.4 Å². The lowest BCUT2D eigenvalue weighted by molar-refractivity contribution is -0.149. The SMILES string of the molecule is [N-]=[N+]=N[C@]1(C(=O)O)CCCC[C@@H]1O. The average Bonchev–Trinajstić information content (AvgIpc) is 2.09. The van der Waals surface area contributed by atoms with Gasteiger partial charge in [-0.25, -0.2) is 0 Å². The van der Waals surface area contributed by atoms with Crippen LogP contribution < -0.4 is 0 Å². The van der Waals surface area contributed by atoms with Gasteiger partial charge in [0, 0.05) is 4.91 Å². The van der Waals surface area contributed by atoms with Crippen LogP contribution in [0.15, 0.2) is 5.11 Å². The van der Waals surface area contributed by atoms with Crippen molar-refractivity contribution in [1.29, 1.82) is 0 Å². The van der Waals surface area contributed by atoms with E-state index < -0.39 is 17.6 Å².